The van der Waals surface area contributed by atoms with Crippen molar-refractivity contribution in [2.45, 2.75) is 63.6 Å². The number of unbranched alkanes of at least 4 members (excludes halogenated alkanes) is 1. The predicted molar refractivity (Wildman–Crippen MR) is 82.7 cm³/mol. The van der Waals surface area contributed by atoms with Gasteiger partial charge in [0, 0.05) is 18.7 Å². The summed E-state index contributed by atoms with van der Waals surface area (Å²) in [6, 6.07) is 12.0. The summed E-state index contributed by atoms with van der Waals surface area (Å²) in [6.45, 7) is 3.21. The molecule has 2 aliphatic rings. The quantitative estimate of drug-likeness (QED) is 0.808. The lowest BCUT2D eigenvalue weighted by Crippen LogP contribution is -2.40. The van der Waals surface area contributed by atoms with Gasteiger partial charge in [0.25, 0.3) is 0 Å². The molecule has 110 valence electrons. The van der Waals surface area contributed by atoms with E-state index in [1.165, 1.54) is 44.1 Å². The maximum absolute atomic E-state index is 5.97. The molecule has 1 saturated carbocycles. The average Bonchev–Trinajstić information content (AvgIpc) is 3.24. The van der Waals surface area contributed by atoms with Crippen molar-refractivity contribution in [3.63, 3.8) is 0 Å². The first kappa shape index (κ1) is 14.1. The lowest BCUT2D eigenvalue weighted by Gasteiger charge is -2.27. The molecule has 0 radical (unpaired) electrons. The highest BCUT2D eigenvalue weighted by Gasteiger charge is 2.41. The van der Waals surface area contributed by atoms with Crippen LogP contribution in [0, 0.1) is 5.92 Å². The predicted octanol–water partition coefficient (Wildman–Crippen LogP) is 4.08. The van der Waals surface area contributed by atoms with Gasteiger partial charge in [0.05, 0.1) is 6.10 Å². The number of hydrogen-bond donors (Lipinski definition) is 1. The van der Waals surface area contributed by atoms with Gasteiger partial charge in [-0.1, -0.05) is 50.1 Å². The maximum Gasteiger partial charge on any atom is 0.0757 e. The van der Waals surface area contributed by atoms with Crippen LogP contribution in [0.3, 0.4) is 0 Å². The molecule has 1 aliphatic carbocycles. The van der Waals surface area contributed by atoms with Crippen molar-refractivity contribution < 1.29 is 4.74 Å². The zero-order chi connectivity index (χ0) is 13.8. The van der Waals surface area contributed by atoms with Gasteiger partial charge in [-0.2, -0.15) is 0 Å². The highest BCUT2D eigenvalue weighted by atomic mass is 16.5. The Kier molecular flexibility index (Phi) is 4.74. The second kappa shape index (κ2) is 6.73. The van der Waals surface area contributed by atoms with Crippen LogP contribution in [0.2, 0.25) is 0 Å². The molecule has 1 aromatic rings. The van der Waals surface area contributed by atoms with E-state index in [9.17, 15) is 0 Å². The lowest BCUT2D eigenvalue weighted by molar-refractivity contribution is 0.0785. The van der Waals surface area contributed by atoms with Crippen LogP contribution < -0.4 is 5.32 Å². The summed E-state index contributed by atoms with van der Waals surface area (Å²) in [7, 11) is 0. The molecule has 1 N–H and O–H groups in total. The van der Waals surface area contributed by atoms with Crippen molar-refractivity contribution in [2.75, 3.05) is 6.61 Å². The van der Waals surface area contributed by atoms with Gasteiger partial charge in [-0.15, -0.1) is 0 Å². The van der Waals surface area contributed by atoms with E-state index in [2.05, 4.69) is 42.6 Å². The molecule has 3 unspecified atom stereocenters. The third-order valence-corrected chi connectivity index (χ3v) is 4.69. The van der Waals surface area contributed by atoms with Crippen molar-refractivity contribution in [3.05, 3.63) is 35.9 Å². The molecule has 2 nitrogen and oxygen atoms in total. The van der Waals surface area contributed by atoms with Crippen LogP contribution in [0.15, 0.2) is 30.3 Å². The summed E-state index contributed by atoms with van der Waals surface area (Å²) < 4.78 is 5.97. The fourth-order valence-electron chi connectivity index (χ4n) is 3.38. The first-order valence-electron chi connectivity index (χ1n) is 8.31. The maximum atomic E-state index is 5.97. The minimum Gasteiger partial charge on any atom is -0.376 e. The Morgan fingerprint density at radius 2 is 2.00 bits per heavy atom. The molecular weight excluding hydrogens is 246 g/mol. The van der Waals surface area contributed by atoms with E-state index in [-0.39, 0.29) is 0 Å². The minimum absolute atomic E-state index is 0.475. The number of rotatable bonds is 7. The summed E-state index contributed by atoms with van der Waals surface area (Å²) in [6.07, 6.45) is 8.17. The van der Waals surface area contributed by atoms with Crippen LogP contribution in [0.4, 0.5) is 0 Å². The Morgan fingerprint density at radius 1 is 1.20 bits per heavy atom. The van der Waals surface area contributed by atoms with E-state index < -0.39 is 0 Å². The highest BCUT2D eigenvalue weighted by molar-refractivity contribution is 5.19. The Balaban J connectivity index is 1.66. The summed E-state index contributed by atoms with van der Waals surface area (Å²) in [5.41, 5.74) is 1.43. The van der Waals surface area contributed by atoms with Gasteiger partial charge in [0.15, 0.2) is 0 Å². The average molecular weight is 273 g/mol. The van der Waals surface area contributed by atoms with Gasteiger partial charge in [0.1, 0.15) is 0 Å². The van der Waals surface area contributed by atoms with Crippen LogP contribution in [-0.2, 0) is 4.74 Å². The number of ether oxygens (including phenoxy) is 1. The molecule has 0 amide bonds. The van der Waals surface area contributed by atoms with E-state index in [1.54, 1.807) is 0 Å². The Hall–Kier alpha value is -0.860. The molecule has 0 aromatic heterocycles. The zero-order valence-corrected chi connectivity index (χ0v) is 12.6. The van der Waals surface area contributed by atoms with Gasteiger partial charge < -0.3 is 10.1 Å². The molecular formula is C18H27NO. The highest BCUT2D eigenvalue weighted by Crippen LogP contribution is 2.39. The SMILES string of the molecule is CCCCC(NC1CCOC1C1CC1)c1ccccc1. The molecule has 1 heterocycles. The zero-order valence-electron chi connectivity index (χ0n) is 12.6. The largest absolute Gasteiger partial charge is 0.376 e. The van der Waals surface area contributed by atoms with Crippen molar-refractivity contribution in [3.8, 4) is 0 Å². The van der Waals surface area contributed by atoms with Crippen LogP contribution in [0.5, 0.6) is 0 Å². The van der Waals surface area contributed by atoms with Gasteiger partial charge in [0.2, 0.25) is 0 Å². The van der Waals surface area contributed by atoms with Crippen molar-refractivity contribution in [1.29, 1.82) is 0 Å². The number of benzene rings is 1. The molecule has 3 atom stereocenters. The molecule has 2 heteroatoms. The topological polar surface area (TPSA) is 21.3 Å². The van der Waals surface area contributed by atoms with Crippen LogP contribution >= 0.6 is 0 Å². The van der Waals surface area contributed by atoms with E-state index in [4.69, 9.17) is 4.74 Å². The fourth-order valence-corrected chi connectivity index (χ4v) is 3.38. The third-order valence-electron chi connectivity index (χ3n) is 4.69. The molecule has 0 spiro atoms. The summed E-state index contributed by atoms with van der Waals surface area (Å²) >= 11 is 0. The van der Waals surface area contributed by atoms with E-state index in [0.29, 0.717) is 18.2 Å². The van der Waals surface area contributed by atoms with Crippen molar-refractivity contribution in [1.82, 2.24) is 5.32 Å². The standard InChI is InChI=1S/C18H27NO/c1-2-3-9-16(14-7-5-4-6-8-14)19-17-12-13-20-18(17)15-10-11-15/h4-8,15-19H,2-3,9-13H2,1H3. The molecule has 2 fully saturated rings. The molecule has 1 aromatic carbocycles. The van der Waals surface area contributed by atoms with E-state index in [1.807, 2.05) is 0 Å². The second-order valence-corrected chi connectivity index (χ2v) is 6.34. The van der Waals surface area contributed by atoms with Crippen molar-refractivity contribution in [2.24, 2.45) is 5.92 Å². The monoisotopic (exact) mass is 273 g/mol. The Labute approximate surface area is 122 Å². The first-order valence-corrected chi connectivity index (χ1v) is 8.31. The smallest absolute Gasteiger partial charge is 0.0757 e. The van der Waals surface area contributed by atoms with E-state index >= 15 is 0 Å². The van der Waals surface area contributed by atoms with Crippen molar-refractivity contribution >= 4 is 0 Å². The molecule has 20 heavy (non-hydrogen) atoms. The second-order valence-electron chi connectivity index (χ2n) is 6.34. The molecule has 0 bridgehead atoms. The molecule has 1 saturated heterocycles. The normalized spacial score (nSPS) is 27.6. The first-order chi connectivity index (χ1) is 9.88. The van der Waals surface area contributed by atoms with Gasteiger partial charge in [-0.25, -0.2) is 0 Å². The van der Waals surface area contributed by atoms with Crippen LogP contribution in [-0.4, -0.2) is 18.8 Å². The summed E-state index contributed by atoms with van der Waals surface area (Å²) in [5.74, 6) is 0.831. The Morgan fingerprint density at radius 3 is 2.70 bits per heavy atom. The third kappa shape index (κ3) is 3.42. The van der Waals surface area contributed by atoms with Crippen LogP contribution in [0.25, 0.3) is 0 Å². The van der Waals surface area contributed by atoms with E-state index in [0.717, 1.165) is 12.5 Å². The van der Waals surface area contributed by atoms with Crippen LogP contribution in [0.1, 0.15) is 57.1 Å². The minimum atomic E-state index is 0.475. The fraction of sp³-hybridized carbons (Fsp3) is 0.667. The van der Waals surface area contributed by atoms with Gasteiger partial charge in [-0.3, -0.25) is 0 Å². The number of hydrogen-bond acceptors (Lipinski definition) is 2. The molecule has 1 aliphatic heterocycles. The summed E-state index contributed by atoms with van der Waals surface area (Å²) in [4.78, 5) is 0. The summed E-state index contributed by atoms with van der Waals surface area (Å²) in [5, 5.41) is 3.91. The Bertz CT molecular complexity index is 401. The number of nitrogens with one attached hydrogen (secondary N) is 1. The van der Waals surface area contributed by atoms with Gasteiger partial charge in [-0.05, 0) is 37.2 Å². The lowest BCUT2D eigenvalue weighted by atomic mass is 9.98. The van der Waals surface area contributed by atoms with Gasteiger partial charge >= 0.3 is 0 Å². The molecule has 3 rings (SSSR count).